The third kappa shape index (κ3) is 4.99. The van der Waals surface area contributed by atoms with Crippen LogP contribution in [0, 0.1) is 11.3 Å². The van der Waals surface area contributed by atoms with E-state index in [-0.39, 0.29) is 41.6 Å². The third-order valence-electron chi connectivity index (χ3n) is 6.79. The van der Waals surface area contributed by atoms with Gasteiger partial charge >= 0.3 is 11.9 Å². The van der Waals surface area contributed by atoms with Crippen LogP contribution in [0.25, 0.3) is 22.4 Å². The Balaban J connectivity index is 1.37. The van der Waals surface area contributed by atoms with E-state index in [0.29, 0.717) is 12.0 Å². The molecule has 1 aliphatic heterocycles. The summed E-state index contributed by atoms with van der Waals surface area (Å²) in [5.41, 5.74) is -0.827. The molecule has 1 aliphatic rings. The predicted octanol–water partition coefficient (Wildman–Crippen LogP) is 1.40. The zero-order valence-corrected chi connectivity index (χ0v) is 21.7. The lowest BCUT2D eigenvalue weighted by Gasteiger charge is -2.26. The number of nitrogens with one attached hydrogen (secondary N) is 1. The normalized spacial score (nSPS) is 16.1. The van der Waals surface area contributed by atoms with Crippen molar-refractivity contribution < 1.29 is 18.0 Å². The number of rotatable bonds is 6. The molecule has 4 aromatic heterocycles. The van der Waals surface area contributed by atoms with Gasteiger partial charge < -0.3 is 14.8 Å². The average Bonchev–Trinajstić information content (AvgIpc) is 3.62. The van der Waals surface area contributed by atoms with Crippen molar-refractivity contribution in [1.82, 2.24) is 38.6 Å². The van der Waals surface area contributed by atoms with Crippen molar-refractivity contribution in [3.63, 3.8) is 0 Å². The molecule has 1 fully saturated rings. The summed E-state index contributed by atoms with van der Waals surface area (Å²) in [6, 6.07) is -0.862. The molecule has 14 nitrogen and oxygen atoms in total. The number of alkyl halides is 3. The number of amides is 1. The minimum absolute atomic E-state index is 0.0246. The summed E-state index contributed by atoms with van der Waals surface area (Å²) >= 11 is 0. The van der Waals surface area contributed by atoms with E-state index < -0.39 is 42.0 Å². The van der Waals surface area contributed by atoms with Crippen LogP contribution in [0.1, 0.15) is 25.8 Å². The highest BCUT2D eigenvalue weighted by atomic mass is 19.4. The molecule has 0 bridgehead atoms. The monoisotopic (exact) mass is 569 g/mol. The van der Waals surface area contributed by atoms with E-state index in [1.165, 1.54) is 49.7 Å². The van der Waals surface area contributed by atoms with E-state index in [4.69, 9.17) is 5.26 Å². The number of fused-ring (bicyclic) bond motifs is 1. The molecule has 0 aliphatic carbocycles. The second kappa shape index (κ2) is 10.4. The summed E-state index contributed by atoms with van der Waals surface area (Å²) < 4.78 is 43.1. The number of hydrogen-bond donors (Lipinski definition) is 1. The first-order valence-electron chi connectivity index (χ1n) is 12.3. The van der Waals surface area contributed by atoms with E-state index >= 15 is 0 Å². The Morgan fingerprint density at radius 1 is 1.20 bits per heavy atom. The molecular formula is C24H22F3N11O3. The largest absolute Gasteiger partial charge is 0.408 e. The number of nitriles is 1. The summed E-state index contributed by atoms with van der Waals surface area (Å²) in [7, 11) is 1.40. The van der Waals surface area contributed by atoms with Gasteiger partial charge in [-0.05, 0) is 19.8 Å². The molecule has 0 radical (unpaired) electrons. The first-order valence-corrected chi connectivity index (χ1v) is 12.3. The van der Waals surface area contributed by atoms with Gasteiger partial charge in [-0.2, -0.15) is 18.4 Å². The maximum atomic E-state index is 13.3. The van der Waals surface area contributed by atoms with Crippen LogP contribution >= 0.6 is 0 Å². The van der Waals surface area contributed by atoms with Gasteiger partial charge in [-0.15, -0.1) is 0 Å². The number of imidazole rings is 1. The van der Waals surface area contributed by atoms with E-state index in [0.717, 1.165) is 14.0 Å². The zero-order valence-electron chi connectivity index (χ0n) is 21.7. The second-order valence-corrected chi connectivity index (χ2v) is 9.33. The fourth-order valence-corrected chi connectivity index (χ4v) is 4.66. The van der Waals surface area contributed by atoms with Crippen molar-refractivity contribution in [2.75, 3.05) is 16.8 Å². The van der Waals surface area contributed by atoms with Gasteiger partial charge in [0.2, 0.25) is 11.9 Å². The maximum Gasteiger partial charge on any atom is 0.408 e. The highest BCUT2D eigenvalue weighted by Gasteiger charge is 2.46. The standard InChI is InChI=1S/C24H22F3N11O3/c1-13(38-12-32-19-18(38)21(40)37(7-5-28)23(41)35(19)2)20(39)34-17-11-29-10-15(33-17)14-8-30-22(31-9-14)36-6-3-4-16(36)24(25,26)27/h8-13,16H,3-4,6-7H2,1-2H3,(H,33,34,39)/t13-,16-/m0/s1. The number of nitrogens with zero attached hydrogens (tertiary/aromatic N) is 10. The van der Waals surface area contributed by atoms with Gasteiger partial charge in [-0.25, -0.2) is 29.3 Å². The molecular weight excluding hydrogens is 547 g/mol. The number of anilines is 2. The lowest BCUT2D eigenvalue weighted by atomic mass is 10.2. The van der Waals surface area contributed by atoms with Gasteiger partial charge in [0.15, 0.2) is 17.0 Å². The van der Waals surface area contributed by atoms with Gasteiger partial charge in [-0.1, -0.05) is 0 Å². The van der Waals surface area contributed by atoms with E-state index in [1.54, 1.807) is 6.07 Å². The van der Waals surface area contributed by atoms with Crippen molar-refractivity contribution in [3.05, 3.63) is 52.0 Å². The SMILES string of the molecule is C[C@@H](C(=O)Nc1cncc(-c2cnc(N3CCC[C@H]3C(F)(F)F)nc2)n1)n1cnc2c1c(=O)n(CC#N)c(=O)n2C. The van der Waals surface area contributed by atoms with Crippen LogP contribution in [-0.2, 0) is 18.4 Å². The van der Waals surface area contributed by atoms with Crippen LogP contribution in [-0.4, -0.2) is 63.3 Å². The lowest BCUT2D eigenvalue weighted by molar-refractivity contribution is -0.146. The molecule has 2 atom stereocenters. The molecule has 17 heteroatoms. The summed E-state index contributed by atoms with van der Waals surface area (Å²) in [4.78, 5) is 60.3. The Bertz CT molecular complexity index is 1790. The van der Waals surface area contributed by atoms with E-state index in [9.17, 15) is 27.6 Å². The molecule has 0 spiro atoms. The Hall–Kier alpha value is -5.14. The van der Waals surface area contributed by atoms with Crippen molar-refractivity contribution >= 4 is 28.8 Å². The highest BCUT2D eigenvalue weighted by molar-refractivity contribution is 5.93. The number of carbonyl (C=O) groups excluding carboxylic acids is 1. The molecule has 5 heterocycles. The van der Waals surface area contributed by atoms with Crippen LogP contribution < -0.4 is 21.5 Å². The van der Waals surface area contributed by atoms with Crippen LogP contribution in [0.3, 0.4) is 0 Å². The quantitative estimate of drug-likeness (QED) is 0.358. The van der Waals surface area contributed by atoms with E-state index in [1.807, 2.05) is 0 Å². The lowest BCUT2D eigenvalue weighted by Crippen LogP contribution is -2.42. The summed E-state index contributed by atoms with van der Waals surface area (Å²) in [5, 5.41) is 11.6. The molecule has 212 valence electrons. The van der Waals surface area contributed by atoms with Crippen LogP contribution in [0.5, 0.6) is 0 Å². The molecule has 1 N–H and O–H groups in total. The molecule has 0 unspecified atom stereocenters. The summed E-state index contributed by atoms with van der Waals surface area (Å²) in [5.74, 6) is -0.577. The minimum Gasteiger partial charge on any atom is -0.329 e. The van der Waals surface area contributed by atoms with Crippen LogP contribution in [0.15, 0.2) is 40.7 Å². The van der Waals surface area contributed by atoms with Crippen molar-refractivity contribution in [1.29, 1.82) is 5.26 Å². The maximum absolute atomic E-state index is 13.3. The fraction of sp³-hybridized carbons (Fsp3) is 0.375. The van der Waals surface area contributed by atoms with Crippen LogP contribution in [0.4, 0.5) is 24.9 Å². The van der Waals surface area contributed by atoms with Gasteiger partial charge in [-0.3, -0.25) is 19.1 Å². The van der Waals surface area contributed by atoms with Crippen molar-refractivity contribution in [3.8, 4) is 17.3 Å². The first kappa shape index (κ1) is 27.4. The summed E-state index contributed by atoms with van der Waals surface area (Å²) in [6.07, 6.45) is 2.55. The number of hydrogen-bond acceptors (Lipinski definition) is 10. The second-order valence-electron chi connectivity index (χ2n) is 9.33. The van der Waals surface area contributed by atoms with Gasteiger partial charge in [0.05, 0.1) is 30.5 Å². The molecule has 5 rings (SSSR count). The number of aryl methyl sites for hydroxylation is 1. The molecule has 0 saturated carbocycles. The van der Waals surface area contributed by atoms with Gasteiger partial charge in [0.1, 0.15) is 18.6 Å². The molecule has 1 amide bonds. The predicted molar refractivity (Wildman–Crippen MR) is 138 cm³/mol. The Kier molecular flexibility index (Phi) is 6.99. The average molecular weight is 570 g/mol. The van der Waals surface area contributed by atoms with Crippen LogP contribution in [0.2, 0.25) is 0 Å². The Morgan fingerprint density at radius 3 is 2.61 bits per heavy atom. The number of aromatic nitrogens is 8. The zero-order chi connectivity index (χ0) is 29.5. The Morgan fingerprint density at radius 2 is 1.93 bits per heavy atom. The summed E-state index contributed by atoms with van der Waals surface area (Å²) in [6.45, 7) is 1.23. The molecule has 0 aromatic carbocycles. The molecule has 41 heavy (non-hydrogen) atoms. The third-order valence-corrected chi connectivity index (χ3v) is 6.79. The first-order chi connectivity index (χ1) is 19.5. The minimum atomic E-state index is -4.39. The highest BCUT2D eigenvalue weighted by Crippen LogP contribution is 2.34. The van der Waals surface area contributed by atoms with E-state index in [2.05, 4.69) is 30.2 Å². The number of halogens is 3. The van der Waals surface area contributed by atoms with Crippen molar-refractivity contribution in [2.24, 2.45) is 7.05 Å². The Labute approximate surface area is 228 Å². The fourth-order valence-electron chi connectivity index (χ4n) is 4.66. The molecule has 4 aromatic rings. The van der Waals surface area contributed by atoms with Gasteiger partial charge in [0.25, 0.3) is 5.56 Å². The molecule has 1 saturated heterocycles. The smallest absolute Gasteiger partial charge is 0.329 e. The van der Waals surface area contributed by atoms with Gasteiger partial charge in [0, 0.05) is 31.5 Å². The topological polar surface area (TPSA) is 170 Å². The van der Waals surface area contributed by atoms with Crippen molar-refractivity contribution in [2.45, 2.75) is 44.6 Å². The number of carbonyl (C=O) groups is 1.